The number of nitrogens with zero attached hydrogens (tertiary/aromatic N) is 2. The van der Waals surface area contributed by atoms with E-state index in [1.54, 1.807) is 0 Å². The standard InChI is InChI=1S/C25H28N2O3S/c1-3-4-5-19-8-10-20(11-9-19)27-24(28)22(26-14-16-30-17-15-26)23(25(27)29)31-21-12-6-18(2)7-13-21/h6-13H,3-5,14-17H2,1-2H3. The molecule has 2 aliphatic rings. The summed E-state index contributed by atoms with van der Waals surface area (Å²) in [5.74, 6) is -0.499. The lowest BCUT2D eigenvalue weighted by molar-refractivity contribution is -0.121. The molecule has 0 atom stereocenters. The number of benzene rings is 2. The Kier molecular flexibility index (Phi) is 6.78. The van der Waals surface area contributed by atoms with E-state index in [1.165, 1.54) is 22.2 Å². The summed E-state index contributed by atoms with van der Waals surface area (Å²) in [5, 5.41) is 0. The van der Waals surface area contributed by atoms with Gasteiger partial charge >= 0.3 is 0 Å². The van der Waals surface area contributed by atoms with Gasteiger partial charge in [-0.3, -0.25) is 9.59 Å². The van der Waals surface area contributed by atoms with Gasteiger partial charge in [-0.15, -0.1) is 0 Å². The van der Waals surface area contributed by atoms with Gasteiger partial charge in [-0.25, -0.2) is 4.90 Å². The molecule has 2 aromatic carbocycles. The molecule has 31 heavy (non-hydrogen) atoms. The third-order valence-electron chi connectivity index (χ3n) is 5.60. The quantitative estimate of drug-likeness (QED) is 0.596. The molecule has 0 bridgehead atoms. The molecule has 2 aromatic rings. The second kappa shape index (κ2) is 9.71. The number of carbonyl (C=O) groups excluding carboxylic acids is 2. The minimum Gasteiger partial charge on any atom is -0.378 e. The molecule has 0 unspecified atom stereocenters. The Morgan fingerprint density at radius 1 is 0.935 bits per heavy atom. The fraction of sp³-hybridized carbons (Fsp3) is 0.360. The van der Waals surface area contributed by atoms with Crippen LogP contribution in [0, 0.1) is 6.92 Å². The lowest BCUT2D eigenvalue weighted by Gasteiger charge is -2.29. The van der Waals surface area contributed by atoms with Crippen LogP contribution in [0.25, 0.3) is 0 Å². The molecular formula is C25H28N2O3S. The Bertz CT molecular complexity index is 977. The van der Waals surface area contributed by atoms with E-state index in [2.05, 4.69) is 6.92 Å². The van der Waals surface area contributed by atoms with Crippen LogP contribution in [0.3, 0.4) is 0 Å². The van der Waals surface area contributed by atoms with Gasteiger partial charge in [-0.2, -0.15) is 0 Å². The smallest absolute Gasteiger partial charge is 0.283 e. The van der Waals surface area contributed by atoms with Gasteiger partial charge in [-0.1, -0.05) is 54.9 Å². The van der Waals surface area contributed by atoms with Crippen molar-refractivity contribution in [2.45, 2.75) is 38.0 Å². The van der Waals surface area contributed by atoms with Gasteiger partial charge in [0.25, 0.3) is 11.8 Å². The van der Waals surface area contributed by atoms with Crippen molar-refractivity contribution in [3.05, 3.63) is 70.3 Å². The van der Waals surface area contributed by atoms with Gasteiger partial charge in [0.05, 0.1) is 18.9 Å². The van der Waals surface area contributed by atoms with Crippen molar-refractivity contribution in [2.75, 3.05) is 31.2 Å². The highest BCUT2D eigenvalue weighted by Gasteiger charge is 2.42. The average Bonchev–Trinajstić information content (AvgIpc) is 3.04. The fourth-order valence-electron chi connectivity index (χ4n) is 3.81. The summed E-state index contributed by atoms with van der Waals surface area (Å²) in [4.78, 5) is 31.7. The van der Waals surface area contributed by atoms with Gasteiger partial charge < -0.3 is 9.64 Å². The zero-order chi connectivity index (χ0) is 21.8. The number of ether oxygens (including phenoxy) is 1. The Hall–Kier alpha value is -2.57. The number of thioether (sulfide) groups is 1. The fourth-order valence-corrected chi connectivity index (χ4v) is 4.81. The first-order valence-corrected chi connectivity index (χ1v) is 11.7. The summed E-state index contributed by atoms with van der Waals surface area (Å²) >= 11 is 1.37. The highest BCUT2D eigenvalue weighted by atomic mass is 32.2. The third-order valence-corrected chi connectivity index (χ3v) is 6.68. The molecule has 2 heterocycles. The summed E-state index contributed by atoms with van der Waals surface area (Å²) in [6, 6.07) is 15.8. The van der Waals surface area contributed by atoms with E-state index < -0.39 is 0 Å². The van der Waals surface area contributed by atoms with Crippen molar-refractivity contribution in [3.63, 3.8) is 0 Å². The van der Waals surface area contributed by atoms with Crippen LogP contribution in [0.4, 0.5) is 5.69 Å². The normalized spacial score (nSPS) is 17.1. The number of morpholine rings is 1. The first-order valence-electron chi connectivity index (χ1n) is 10.9. The number of unbranched alkanes of at least 4 members (excludes halogenated alkanes) is 1. The molecule has 4 rings (SSSR count). The molecule has 1 saturated heterocycles. The number of aryl methyl sites for hydroxylation is 2. The van der Waals surface area contributed by atoms with Crippen LogP contribution in [0.1, 0.15) is 30.9 Å². The van der Waals surface area contributed by atoms with Crippen molar-refractivity contribution in [1.29, 1.82) is 0 Å². The molecular weight excluding hydrogens is 408 g/mol. The second-order valence-electron chi connectivity index (χ2n) is 7.91. The molecule has 0 saturated carbocycles. The number of hydrogen-bond acceptors (Lipinski definition) is 5. The van der Waals surface area contributed by atoms with Crippen molar-refractivity contribution >= 4 is 29.3 Å². The number of amides is 2. The predicted octanol–water partition coefficient (Wildman–Crippen LogP) is 4.55. The van der Waals surface area contributed by atoms with E-state index in [-0.39, 0.29) is 11.8 Å². The van der Waals surface area contributed by atoms with Crippen LogP contribution >= 0.6 is 11.8 Å². The van der Waals surface area contributed by atoms with Crippen LogP contribution in [0.2, 0.25) is 0 Å². The predicted molar refractivity (Wildman–Crippen MR) is 124 cm³/mol. The Morgan fingerprint density at radius 2 is 1.61 bits per heavy atom. The van der Waals surface area contributed by atoms with Crippen molar-refractivity contribution < 1.29 is 14.3 Å². The molecule has 162 valence electrons. The SMILES string of the molecule is CCCCc1ccc(N2C(=O)C(Sc3ccc(C)cc3)=C(N3CCOCC3)C2=O)cc1. The van der Waals surface area contributed by atoms with Gasteiger partial charge in [-0.05, 0) is 49.6 Å². The van der Waals surface area contributed by atoms with Crippen LogP contribution in [-0.4, -0.2) is 43.0 Å². The van der Waals surface area contributed by atoms with Crippen molar-refractivity contribution in [1.82, 2.24) is 4.90 Å². The maximum atomic E-state index is 13.5. The maximum Gasteiger partial charge on any atom is 0.283 e. The first-order chi connectivity index (χ1) is 15.1. The second-order valence-corrected chi connectivity index (χ2v) is 8.99. The average molecular weight is 437 g/mol. The molecule has 0 N–H and O–H groups in total. The lowest BCUT2D eigenvalue weighted by Crippen LogP contribution is -2.40. The number of hydrogen-bond donors (Lipinski definition) is 0. The van der Waals surface area contributed by atoms with E-state index in [0.717, 1.165) is 29.7 Å². The Labute approximate surface area is 188 Å². The lowest BCUT2D eigenvalue weighted by atomic mass is 10.1. The summed E-state index contributed by atoms with van der Waals surface area (Å²) in [7, 11) is 0. The molecule has 0 radical (unpaired) electrons. The Balaban J connectivity index is 1.65. The van der Waals surface area contributed by atoms with Crippen LogP contribution in [-0.2, 0) is 20.7 Å². The number of anilines is 1. The van der Waals surface area contributed by atoms with Crippen LogP contribution < -0.4 is 4.90 Å². The molecule has 0 aliphatic carbocycles. The van der Waals surface area contributed by atoms with Gasteiger partial charge in [0.1, 0.15) is 10.6 Å². The summed E-state index contributed by atoms with van der Waals surface area (Å²) < 4.78 is 5.46. The van der Waals surface area contributed by atoms with E-state index in [4.69, 9.17) is 4.74 Å². The van der Waals surface area contributed by atoms with E-state index in [9.17, 15) is 9.59 Å². The van der Waals surface area contributed by atoms with E-state index in [0.29, 0.717) is 42.6 Å². The van der Waals surface area contributed by atoms with Crippen molar-refractivity contribution in [3.8, 4) is 0 Å². The summed E-state index contributed by atoms with van der Waals surface area (Å²) in [6.45, 7) is 6.52. The number of rotatable bonds is 7. The van der Waals surface area contributed by atoms with Gasteiger partial charge in [0, 0.05) is 18.0 Å². The molecule has 0 spiro atoms. The Morgan fingerprint density at radius 3 is 2.26 bits per heavy atom. The zero-order valence-corrected chi connectivity index (χ0v) is 18.9. The van der Waals surface area contributed by atoms with Crippen molar-refractivity contribution in [2.24, 2.45) is 0 Å². The van der Waals surface area contributed by atoms with E-state index >= 15 is 0 Å². The van der Waals surface area contributed by atoms with Crippen LogP contribution in [0.5, 0.6) is 0 Å². The largest absolute Gasteiger partial charge is 0.378 e. The topological polar surface area (TPSA) is 49.9 Å². The highest BCUT2D eigenvalue weighted by Crippen LogP contribution is 2.39. The molecule has 0 aromatic heterocycles. The summed E-state index contributed by atoms with van der Waals surface area (Å²) in [6.07, 6.45) is 3.27. The molecule has 6 heteroatoms. The molecule has 1 fully saturated rings. The van der Waals surface area contributed by atoms with Gasteiger partial charge in [0.2, 0.25) is 0 Å². The van der Waals surface area contributed by atoms with Gasteiger partial charge in [0.15, 0.2) is 0 Å². The minimum atomic E-state index is -0.252. The third kappa shape index (κ3) is 4.70. The minimum absolute atomic E-state index is 0.247. The number of imide groups is 1. The van der Waals surface area contributed by atoms with Crippen LogP contribution in [0.15, 0.2) is 64.0 Å². The first kappa shape index (κ1) is 21.7. The monoisotopic (exact) mass is 436 g/mol. The summed E-state index contributed by atoms with van der Waals surface area (Å²) in [5.41, 5.74) is 3.50. The van der Waals surface area contributed by atoms with E-state index in [1.807, 2.05) is 60.4 Å². The maximum absolute atomic E-state index is 13.5. The zero-order valence-electron chi connectivity index (χ0n) is 18.1. The molecule has 2 aliphatic heterocycles. The molecule has 2 amide bonds. The molecule has 5 nitrogen and oxygen atoms in total. The number of carbonyl (C=O) groups is 2. The highest BCUT2D eigenvalue weighted by molar-refractivity contribution is 8.04.